The Balaban J connectivity index is 2.00. The zero-order valence-corrected chi connectivity index (χ0v) is 10.3. The zero-order chi connectivity index (χ0) is 12.7. The Morgan fingerprint density at radius 3 is 2.63 bits per heavy atom. The summed E-state index contributed by atoms with van der Waals surface area (Å²) in [5.41, 5.74) is 10.7. The van der Waals surface area contributed by atoms with Gasteiger partial charge in [0, 0.05) is 21.8 Å². The highest BCUT2D eigenvalue weighted by Crippen LogP contribution is 2.28. The van der Waals surface area contributed by atoms with Crippen LogP contribution in [0.15, 0.2) is 72.2 Å². The van der Waals surface area contributed by atoms with E-state index in [9.17, 15) is 0 Å². The minimum absolute atomic E-state index is 1.17. The molecule has 1 nitrogen and oxygen atoms in total. The Morgan fingerprint density at radius 2 is 1.74 bits per heavy atom. The molecule has 0 saturated carbocycles. The molecular weight excluding hydrogens is 230 g/mol. The predicted octanol–water partition coefficient (Wildman–Crippen LogP) is 4.58. The molecule has 19 heavy (non-hydrogen) atoms. The number of nitrogens with one attached hydrogen (secondary N) is 1. The van der Waals surface area contributed by atoms with Crippen molar-refractivity contribution < 1.29 is 0 Å². The van der Waals surface area contributed by atoms with E-state index >= 15 is 0 Å². The molecule has 0 atom stereocenters. The summed E-state index contributed by atoms with van der Waals surface area (Å²) in [5, 5.41) is 2.53. The molecule has 1 aromatic heterocycles. The summed E-state index contributed by atoms with van der Waals surface area (Å²) >= 11 is 0. The van der Waals surface area contributed by atoms with E-state index in [4.69, 9.17) is 0 Å². The number of rotatable bonds is 1. The van der Waals surface area contributed by atoms with Crippen molar-refractivity contribution in [1.29, 1.82) is 0 Å². The van der Waals surface area contributed by atoms with E-state index in [-0.39, 0.29) is 0 Å². The lowest BCUT2D eigenvalue weighted by Crippen LogP contribution is -1.81. The van der Waals surface area contributed by atoms with Gasteiger partial charge in [-0.05, 0) is 47.6 Å². The summed E-state index contributed by atoms with van der Waals surface area (Å²) in [6.45, 7) is 0. The number of H-pyrrole nitrogens is 1. The average molecular weight is 241 g/mol. The second-order valence-electron chi connectivity index (χ2n) is 4.65. The number of hydrogen-bond donors (Lipinski definition) is 1. The molecule has 4 rings (SSSR count). The molecule has 2 aromatic carbocycles. The summed E-state index contributed by atoms with van der Waals surface area (Å²) in [5.74, 6) is 0. The highest BCUT2D eigenvalue weighted by molar-refractivity contribution is 6.08. The molecular formula is C18H11N. The summed E-state index contributed by atoms with van der Waals surface area (Å²) in [6, 6.07) is 14.9. The van der Waals surface area contributed by atoms with E-state index < -0.39 is 0 Å². The fourth-order valence-corrected chi connectivity index (χ4v) is 2.55. The Kier molecular flexibility index (Phi) is 2.10. The van der Waals surface area contributed by atoms with Crippen molar-refractivity contribution in [2.24, 2.45) is 0 Å². The molecule has 0 radical (unpaired) electrons. The lowest BCUT2D eigenvalue weighted by molar-refractivity contribution is 1.54. The molecule has 3 aromatic rings. The van der Waals surface area contributed by atoms with Gasteiger partial charge in [-0.2, -0.15) is 0 Å². The molecule has 0 bridgehead atoms. The first-order chi connectivity index (χ1) is 9.42. The Morgan fingerprint density at radius 1 is 0.842 bits per heavy atom. The van der Waals surface area contributed by atoms with E-state index in [2.05, 4.69) is 65.0 Å². The van der Waals surface area contributed by atoms with Gasteiger partial charge in [0.25, 0.3) is 0 Å². The minimum atomic E-state index is 1.17. The van der Waals surface area contributed by atoms with Crippen LogP contribution in [0.25, 0.3) is 27.4 Å². The van der Waals surface area contributed by atoms with Crippen molar-refractivity contribution in [2.45, 2.75) is 0 Å². The van der Waals surface area contributed by atoms with E-state index in [0.717, 1.165) is 0 Å². The average Bonchev–Trinajstić information content (AvgIpc) is 2.86. The van der Waals surface area contributed by atoms with E-state index in [1.165, 1.54) is 32.9 Å². The number of aromatic nitrogens is 1. The van der Waals surface area contributed by atoms with Crippen LogP contribution in [0.4, 0.5) is 0 Å². The fourth-order valence-electron chi connectivity index (χ4n) is 2.55. The summed E-state index contributed by atoms with van der Waals surface area (Å²) < 4.78 is 0. The topological polar surface area (TPSA) is 15.8 Å². The third-order valence-corrected chi connectivity index (χ3v) is 3.50. The largest absolute Gasteiger partial charge is 0.355 e. The standard InChI is InChI=1S/C18H11N/c1-2-6-13(7-3-1)14-10-11-18-16(12-14)15-8-4-5-9-17(15)19-18/h2,4-12,19H. The van der Waals surface area contributed by atoms with Crippen LogP contribution in [0, 0.1) is 0 Å². The zero-order valence-electron chi connectivity index (χ0n) is 10.3. The normalized spacial score (nSPS) is 13.4. The second-order valence-corrected chi connectivity index (χ2v) is 4.65. The molecule has 0 spiro atoms. The Bertz CT molecular complexity index is 925. The van der Waals surface area contributed by atoms with Crippen LogP contribution in [-0.4, -0.2) is 4.98 Å². The number of fused-ring (bicyclic) bond motifs is 3. The van der Waals surface area contributed by atoms with Crippen LogP contribution in [0.2, 0.25) is 0 Å². The van der Waals surface area contributed by atoms with Crippen molar-refractivity contribution in [3.05, 3.63) is 77.7 Å². The molecule has 0 amide bonds. The molecule has 0 unspecified atom stereocenters. The molecule has 1 N–H and O–H groups in total. The maximum absolute atomic E-state index is 3.44. The number of hydrogen-bond acceptors (Lipinski definition) is 0. The maximum Gasteiger partial charge on any atom is 0.0465 e. The highest BCUT2D eigenvalue weighted by atomic mass is 14.7. The molecule has 1 aliphatic carbocycles. The monoisotopic (exact) mass is 241 g/mol. The van der Waals surface area contributed by atoms with Crippen molar-refractivity contribution in [3.63, 3.8) is 0 Å². The van der Waals surface area contributed by atoms with Crippen molar-refractivity contribution in [3.8, 4) is 0 Å². The van der Waals surface area contributed by atoms with Crippen LogP contribution >= 0.6 is 0 Å². The quantitative estimate of drug-likeness (QED) is 0.600. The third kappa shape index (κ3) is 1.58. The molecule has 88 valence electrons. The lowest BCUT2D eigenvalue weighted by Gasteiger charge is -2.02. The molecule has 1 heteroatoms. The predicted molar refractivity (Wildman–Crippen MR) is 79.9 cm³/mol. The maximum atomic E-state index is 3.44. The fraction of sp³-hybridized carbons (Fsp3) is 0. The molecule has 0 aliphatic heterocycles. The van der Waals surface area contributed by atoms with Gasteiger partial charge < -0.3 is 4.98 Å². The first-order valence-corrected chi connectivity index (χ1v) is 6.30. The van der Waals surface area contributed by atoms with Gasteiger partial charge >= 0.3 is 0 Å². The van der Waals surface area contributed by atoms with Gasteiger partial charge in [0.1, 0.15) is 0 Å². The third-order valence-electron chi connectivity index (χ3n) is 3.50. The molecule has 0 fully saturated rings. The van der Waals surface area contributed by atoms with E-state index in [0.29, 0.717) is 0 Å². The van der Waals surface area contributed by atoms with Gasteiger partial charge in [-0.3, -0.25) is 0 Å². The Labute approximate surface area is 110 Å². The lowest BCUT2D eigenvalue weighted by atomic mass is 10.0. The molecule has 1 heterocycles. The van der Waals surface area contributed by atoms with Gasteiger partial charge in [-0.1, -0.05) is 35.7 Å². The van der Waals surface area contributed by atoms with Gasteiger partial charge in [0.15, 0.2) is 0 Å². The molecule has 0 saturated heterocycles. The number of allylic oxidation sites excluding steroid dienone is 4. The van der Waals surface area contributed by atoms with Gasteiger partial charge in [-0.15, -0.1) is 0 Å². The summed E-state index contributed by atoms with van der Waals surface area (Å²) in [4.78, 5) is 3.44. The van der Waals surface area contributed by atoms with Gasteiger partial charge in [0.05, 0.1) is 0 Å². The van der Waals surface area contributed by atoms with Crippen molar-refractivity contribution in [2.75, 3.05) is 0 Å². The van der Waals surface area contributed by atoms with E-state index in [1.807, 2.05) is 12.2 Å². The highest BCUT2D eigenvalue weighted by Gasteiger charge is 2.06. The first kappa shape index (κ1) is 10.2. The SMILES string of the molecule is C1=C=CC(c2ccc3[nH]c4ccccc4c3c2)=CC=1. The Hall–Kier alpha value is -2.72. The smallest absolute Gasteiger partial charge is 0.0465 e. The molecule has 1 aliphatic rings. The van der Waals surface area contributed by atoms with Gasteiger partial charge in [0.2, 0.25) is 0 Å². The first-order valence-electron chi connectivity index (χ1n) is 6.30. The number of para-hydroxylation sites is 1. The summed E-state index contributed by atoms with van der Waals surface area (Å²) in [6.07, 6.45) is 5.93. The van der Waals surface area contributed by atoms with Crippen LogP contribution in [0.1, 0.15) is 5.56 Å². The minimum Gasteiger partial charge on any atom is -0.355 e. The van der Waals surface area contributed by atoms with Crippen molar-refractivity contribution >= 4 is 27.4 Å². The van der Waals surface area contributed by atoms with Crippen LogP contribution in [0.3, 0.4) is 0 Å². The number of aromatic amines is 1. The number of benzene rings is 2. The van der Waals surface area contributed by atoms with Gasteiger partial charge in [-0.25, -0.2) is 0 Å². The van der Waals surface area contributed by atoms with Crippen LogP contribution in [-0.2, 0) is 0 Å². The second kappa shape index (κ2) is 3.90. The van der Waals surface area contributed by atoms with Crippen molar-refractivity contribution in [1.82, 2.24) is 4.98 Å². The summed E-state index contributed by atoms with van der Waals surface area (Å²) in [7, 11) is 0. The van der Waals surface area contributed by atoms with Crippen LogP contribution < -0.4 is 0 Å². The van der Waals surface area contributed by atoms with E-state index in [1.54, 1.807) is 0 Å². The van der Waals surface area contributed by atoms with Crippen LogP contribution in [0.5, 0.6) is 0 Å².